The molecule has 1 saturated heterocycles. The summed E-state index contributed by atoms with van der Waals surface area (Å²) in [6.45, 7) is 0.741. The van der Waals surface area contributed by atoms with Crippen molar-refractivity contribution in [1.29, 1.82) is 0 Å². The Labute approximate surface area is 183 Å². The van der Waals surface area contributed by atoms with Gasteiger partial charge in [0, 0.05) is 17.3 Å². The number of fused-ring (bicyclic) bond motifs is 1. The molecule has 11 heteroatoms. The number of nitrogens with two attached hydrogens (primary N) is 1. The molecule has 1 aliphatic rings. The lowest BCUT2D eigenvalue weighted by molar-refractivity contribution is 0.100. The largest absolute Gasteiger partial charge is 0.366 e. The summed E-state index contributed by atoms with van der Waals surface area (Å²) in [7, 11) is 38.4. The molecule has 3 N–H and O–H groups in total. The van der Waals surface area contributed by atoms with Crippen molar-refractivity contribution in [2.45, 2.75) is 24.1 Å². The third-order valence-electron chi connectivity index (χ3n) is 5.81. The van der Waals surface area contributed by atoms with Gasteiger partial charge in [-0.25, -0.2) is 4.68 Å². The van der Waals surface area contributed by atoms with Gasteiger partial charge in [0.1, 0.15) is 36.9 Å². The van der Waals surface area contributed by atoms with Crippen molar-refractivity contribution < 1.29 is 4.79 Å². The van der Waals surface area contributed by atoms with Gasteiger partial charge in [-0.3, -0.25) is 4.79 Å². The van der Waals surface area contributed by atoms with Gasteiger partial charge in [-0.2, -0.15) is 5.10 Å². The number of nitrogens with one attached hydrogen (secondary N) is 1. The van der Waals surface area contributed by atoms with Crippen LogP contribution in [0.1, 0.15) is 28.8 Å². The van der Waals surface area contributed by atoms with E-state index in [1.54, 1.807) is 24.4 Å². The first-order valence-corrected chi connectivity index (χ1v) is 9.49. The standard InChI is InChI=1S/C19H14B6N4O/c20-11-10(19(25)5-2-6-27-18(19)24)12(21)14(23)16(13(11)22)29-7-8-3-1-4-9(17(26)30)15(8)28-29/h1,3-4,7,18,27H,2,5-6H2,(H2,26,30). The summed E-state index contributed by atoms with van der Waals surface area (Å²) in [5.41, 5.74) is 7.64. The van der Waals surface area contributed by atoms with Gasteiger partial charge >= 0.3 is 0 Å². The molecule has 30 heavy (non-hydrogen) atoms. The van der Waals surface area contributed by atoms with Gasteiger partial charge in [-0.1, -0.05) is 39.5 Å². The number of carbonyl (C=O) groups excluding carboxylic acids is 1. The molecule has 0 bridgehead atoms. The molecule has 0 aliphatic carbocycles. The number of hydrogen-bond donors (Lipinski definition) is 2. The molecule has 1 amide bonds. The van der Waals surface area contributed by atoms with Gasteiger partial charge in [0.25, 0.3) is 5.91 Å². The van der Waals surface area contributed by atoms with Gasteiger partial charge in [0.05, 0.1) is 21.3 Å². The molecule has 12 radical (unpaired) electrons. The quantitative estimate of drug-likeness (QED) is 0.465. The van der Waals surface area contributed by atoms with Gasteiger partial charge in [-0.15, -0.1) is 0 Å². The maximum absolute atomic E-state index is 11.7. The number of amides is 1. The fraction of sp³-hybridized carbons (Fsp3) is 0.263. The predicted octanol–water partition coefficient (Wildman–Crippen LogP) is -3.46. The number of primary amides is 1. The zero-order valence-corrected chi connectivity index (χ0v) is 16.4. The van der Waals surface area contributed by atoms with E-state index in [0.717, 1.165) is 13.0 Å². The van der Waals surface area contributed by atoms with Crippen LogP contribution in [0.3, 0.4) is 0 Å². The van der Waals surface area contributed by atoms with Gasteiger partial charge in [0.15, 0.2) is 0 Å². The smallest absolute Gasteiger partial charge is 0.250 e. The molecule has 0 saturated carbocycles. The lowest BCUT2D eigenvalue weighted by Gasteiger charge is -2.45. The second-order valence-electron chi connectivity index (χ2n) is 7.64. The SMILES string of the molecule is [B]c1c([B])c(C2([B])CCCNC2[B])c([B])c([B])c1-n1cc2cccc(C(N)=O)c2n1. The van der Waals surface area contributed by atoms with Crippen LogP contribution in [0.2, 0.25) is 0 Å². The van der Waals surface area contributed by atoms with Gasteiger partial charge in [0.2, 0.25) is 0 Å². The number of rotatable bonds is 3. The predicted molar refractivity (Wildman–Crippen MR) is 125 cm³/mol. The number of benzene rings is 2. The summed E-state index contributed by atoms with van der Waals surface area (Å²) in [4.78, 5) is 11.7. The highest BCUT2D eigenvalue weighted by Gasteiger charge is 2.37. The number of hydrogen-bond acceptors (Lipinski definition) is 3. The van der Waals surface area contributed by atoms with Crippen LogP contribution in [0.25, 0.3) is 16.6 Å². The Hall–Kier alpha value is -2.27. The summed E-state index contributed by atoms with van der Waals surface area (Å²) in [6, 6.07) is 5.10. The highest BCUT2D eigenvalue weighted by Crippen LogP contribution is 2.29. The fourth-order valence-corrected chi connectivity index (χ4v) is 4.18. The molecule has 0 spiro atoms. The Morgan fingerprint density at radius 3 is 2.43 bits per heavy atom. The minimum Gasteiger partial charge on any atom is -0.366 e. The van der Waals surface area contributed by atoms with E-state index in [1.807, 2.05) is 0 Å². The third kappa shape index (κ3) is 3.06. The van der Waals surface area contributed by atoms with E-state index in [1.165, 1.54) is 4.68 Å². The first-order chi connectivity index (χ1) is 14.2. The van der Waals surface area contributed by atoms with Crippen LogP contribution in [-0.2, 0) is 5.31 Å². The van der Waals surface area contributed by atoms with E-state index in [-0.39, 0.29) is 27.4 Å². The fourth-order valence-electron chi connectivity index (χ4n) is 4.18. The minimum absolute atomic E-state index is 0.174. The average molecular weight is 379 g/mol. The second-order valence-corrected chi connectivity index (χ2v) is 7.64. The van der Waals surface area contributed by atoms with Crippen molar-refractivity contribution >= 4 is 85.7 Å². The number of nitrogens with zero attached hydrogens (tertiary/aromatic N) is 2. The normalized spacial score (nSPS) is 21.7. The molecular weight excluding hydrogens is 365 g/mol. The van der Waals surface area contributed by atoms with Crippen LogP contribution in [0.15, 0.2) is 24.4 Å². The van der Waals surface area contributed by atoms with E-state index in [4.69, 9.17) is 52.8 Å². The van der Waals surface area contributed by atoms with Crippen molar-refractivity contribution in [3.63, 3.8) is 0 Å². The lowest BCUT2D eigenvalue weighted by Crippen LogP contribution is -2.61. The molecule has 5 nitrogen and oxygen atoms in total. The zero-order chi connectivity index (χ0) is 21.8. The number of carbonyl (C=O) groups is 1. The van der Waals surface area contributed by atoms with E-state index < -0.39 is 17.2 Å². The average Bonchev–Trinajstić information content (AvgIpc) is 3.12. The summed E-state index contributed by atoms with van der Waals surface area (Å²) in [5, 5.41) is 7.26. The van der Waals surface area contributed by atoms with Crippen molar-refractivity contribution in [2.24, 2.45) is 5.73 Å². The highest BCUT2D eigenvalue weighted by molar-refractivity contribution is 6.60. The molecule has 134 valence electrons. The van der Waals surface area contributed by atoms with Crippen LogP contribution in [0, 0.1) is 0 Å². The summed E-state index contributed by atoms with van der Waals surface area (Å²) >= 11 is 0. The van der Waals surface area contributed by atoms with Crippen LogP contribution < -0.4 is 32.9 Å². The Balaban J connectivity index is 1.95. The van der Waals surface area contributed by atoms with E-state index in [0.29, 0.717) is 28.6 Å². The lowest BCUT2D eigenvalue weighted by atomic mass is 9.46. The van der Waals surface area contributed by atoms with E-state index >= 15 is 0 Å². The van der Waals surface area contributed by atoms with Crippen LogP contribution in [-0.4, -0.2) is 75.3 Å². The maximum Gasteiger partial charge on any atom is 0.250 e. The summed E-state index contributed by atoms with van der Waals surface area (Å²) in [5.74, 6) is -1.16. The Bertz CT molecular complexity index is 1150. The molecule has 2 atom stereocenters. The molecular formula is C19H14B6N4O. The first kappa shape index (κ1) is 21.0. The van der Waals surface area contributed by atoms with Crippen LogP contribution in [0.5, 0.6) is 0 Å². The maximum atomic E-state index is 11.7. The van der Waals surface area contributed by atoms with Crippen LogP contribution >= 0.6 is 0 Å². The summed E-state index contributed by atoms with van der Waals surface area (Å²) in [6.07, 6.45) is 3.04. The van der Waals surface area contributed by atoms with Crippen molar-refractivity contribution in [3.05, 3.63) is 35.5 Å². The Morgan fingerprint density at radius 1 is 1.17 bits per heavy atom. The minimum atomic E-state index is -1.03. The zero-order valence-electron chi connectivity index (χ0n) is 16.4. The van der Waals surface area contributed by atoms with Crippen molar-refractivity contribution in [2.75, 3.05) is 6.54 Å². The Kier molecular flexibility index (Phi) is 5.21. The monoisotopic (exact) mass is 380 g/mol. The second kappa shape index (κ2) is 7.45. The van der Waals surface area contributed by atoms with Crippen LogP contribution in [0.4, 0.5) is 0 Å². The van der Waals surface area contributed by atoms with Crippen molar-refractivity contribution in [1.82, 2.24) is 15.1 Å². The molecule has 2 unspecified atom stereocenters. The van der Waals surface area contributed by atoms with E-state index in [2.05, 4.69) is 10.4 Å². The highest BCUT2D eigenvalue weighted by atomic mass is 16.1. The molecule has 3 aromatic rings. The molecule has 2 heterocycles. The molecule has 1 aliphatic heterocycles. The summed E-state index contributed by atoms with van der Waals surface area (Å²) < 4.78 is 1.44. The van der Waals surface area contributed by atoms with E-state index in [9.17, 15) is 4.79 Å². The molecule has 1 aromatic heterocycles. The number of piperidine rings is 1. The first-order valence-electron chi connectivity index (χ1n) is 9.49. The topological polar surface area (TPSA) is 72.9 Å². The Morgan fingerprint density at radius 2 is 1.83 bits per heavy atom. The number of aromatic nitrogens is 2. The molecule has 2 aromatic carbocycles. The third-order valence-corrected chi connectivity index (χ3v) is 5.81. The molecule has 4 rings (SSSR count). The van der Waals surface area contributed by atoms with Gasteiger partial charge in [-0.05, 0) is 36.7 Å². The molecule has 1 fully saturated rings. The van der Waals surface area contributed by atoms with Crippen molar-refractivity contribution in [3.8, 4) is 5.69 Å². The van der Waals surface area contributed by atoms with Gasteiger partial charge < -0.3 is 11.1 Å².